The Morgan fingerprint density at radius 2 is 1.44 bits per heavy atom. The maximum absolute atomic E-state index is 12.7. The summed E-state index contributed by atoms with van der Waals surface area (Å²) in [4.78, 5) is 12.7. The summed E-state index contributed by atoms with van der Waals surface area (Å²) < 4.78 is 27.9. The first-order valence-electron chi connectivity index (χ1n) is 12.7. The van der Waals surface area contributed by atoms with Crippen LogP contribution >= 0.6 is 0 Å². The summed E-state index contributed by atoms with van der Waals surface area (Å²) in [5.41, 5.74) is -0.149. The molecule has 0 spiro atoms. The van der Waals surface area contributed by atoms with E-state index in [-0.39, 0.29) is 28.2 Å². The van der Waals surface area contributed by atoms with Gasteiger partial charge in [0.15, 0.2) is 11.7 Å². The van der Waals surface area contributed by atoms with Gasteiger partial charge in [-0.15, -0.1) is 0 Å². The fourth-order valence-electron chi connectivity index (χ4n) is 4.71. The average Bonchev–Trinajstić information content (AvgIpc) is 2.94. The molecule has 2 aromatic carbocycles. The molecule has 14 heteroatoms. The third-order valence-corrected chi connectivity index (χ3v) is 7.09. The van der Waals surface area contributed by atoms with Crippen molar-refractivity contribution in [2.45, 2.75) is 68.3 Å². The summed E-state index contributed by atoms with van der Waals surface area (Å²) >= 11 is 0. The van der Waals surface area contributed by atoms with Crippen molar-refractivity contribution in [2.75, 3.05) is 6.61 Å². The lowest BCUT2D eigenvalue weighted by Crippen LogP contribution is -2.61. The summed E-state index contributed by atoms with van der Waals surface area (Å²) in [6, 6.07) is 9.40. The lowest BCUT2D eigenvalue weighted by atomic mass is 9.98. The molecule has 2 fully saturated rings. The molecule has 3 heterocycles. The van der Waals surface area contributed by atoms with Crippen LogP contribution in [0.3, 0.4) is 0 Å². The van der Waals surface area contributed by atoms with Crippen LogP contribution in [0.25, 0.3) is 22.3 Å². The van der Waals surface area contributed by atoms with Gasteiger partial charge in [0.25, 0.3) is 0 Å². The van der Waals surface area contributed by atoms with Gasteiger partial charge in [-0.25, -0.2) is 0 Å². The number of rotatable bonds is 6. The normalized spacial score (nSPS) is 34.0. The van der Waals surface area contributed by atoms with E-state index in [4.69, 9.17) is 23.4 Å². The average molecular weight is 579 g/mol. The molecule has 5 rings (SSSR count). The Labute approximate surface area is 231 Å². The Hall–Kier alpha value is -3.31. The summed E-state index contributed by atoms with van der Waals surface area (Å²) in [5, 5.41) is 81.2. The van der Waals surface area contributed by atoms with Crippen LogP contribution in [0.1, 0.15) is 6.92 Å². The second-order valence-corrected chi connectivity index (χ2v) is 9.98. The molecule has 10 atom stereocenters. The van der Waals surface area contributed by atoms with Gasteiger partial charge in [0, 0.05) is 23.8 Å². The van der Waals surface area contributed by atoms with Crippen molar-refractivity contribution >= 4 is 11.0 Å². The number of hydrogen-bond acceptors (Lipinski definition) is 14. The number of aliphatic hydroxyl groups is 6. The van der Waals surface area contributed by atoms with Gasteiger partial charge in [-0.1, -0.05) is 0 Å². The molecule has 0 amide bonds. The van der Waals surface area contributed by atoms with Gasteiger partial charge in [-0.2, -0.15) is 0 Å². The fourth-order valence-corrected chi connectivity index (χ4v) is 4.71. The predicted octanol–water partition coefficient (Wildman–Crippen LogP) is -1.10. The van der Waals surface area contributed by atoms with E-state index in [1.165, 1.54) is 43.3 Å². The zero-order valence-electron chi connectivity index (χ0n) is 21.5. The van der Waals surface area contributed by atoms with E-state index in [0.29, 0.717) is 5.56 Å². The van der Waals surface area contributed by atoms with Gasteiger partial charge < -0.3 is 64.2 Å². The van der Waals surface area contributed by atoms with Crippen LogP contribution in [0.4, 0.5) is 0 Å². The first kappa shape index (κ1) is 29.2. The SMILES string of the molecule is C[C@H]1O[C@@H](OC[C@H]2O[C@@H](Oc3cc(O)c4c(=O)cc(-c5ccc(O)cc5)oc4c3)[C@@H](O)[C@H](O)[C@@H]2O)[C@H](O)[C@H](O)[C@H]1O. The summed E-state index contributed by atoms with van der Waals surface area (Å²) in [5.74, 6) is -0.457. The van der Waals surface area contributed by atoms with Crippen molar-refractivity contribution in [2.24, 2.45) is 0 Å². The Morgan fingerprint density at radius 1 is 0.780 bits per heavy atom. The highest BCUT2D eigenvalue weighted by atomic mass is 16.7. The van der Waals surface area contributed by atoms with E-state index in [1.54, 1.807) is 0 Å². The number of phenolic OH excluding ortho intramolecular Hbond substituents is 2. The molecule has 41 heavy (non-hydrogen) atoms. The van der Waals surface area contributed by atoms with Crippen LogP contribution in [0, 0.1) is 0 Å². The lowest BCUT2D eigenvalue weighted by molar-refractivity contribution is -0.318. The molecule has 0 aliphatic carbocycles. The Bertz CT molecular complexity index is 1420. The van der Waals surface area contributed by atoms with Gasteiger partial charge in [0.2, 0.25) is 6.29 Å². The monoisotopic (exact) mass is 578 g/mol. The Balaban J connectivity index is 1.35. The number of benzene rings is 2. The first-order chi connectivity index (χ1) is 19.4. The topological polar surface area (TPSA) is 229 Å². The minimum atomic E-state index is -1.76. The molecular weight excluding hydrogens is 548 g/mol. The highest BCUT2D eigenvalue weighted by molar-refractivity contribution is 5.86. The highest BCUT2D eigenvalue weighted by Gasteiger charge is 2.47. The quantitative estimate of drug-likeness (QED) is 0.174. The molecule has 0 unspecified atom stereocenters. The van der Waals surface area contributed by atoms with Gasteiger partial charge in [-0.3, -0.25) is 4.79 Å². The molecule has 1 aromatic heterocycles. The van der Waals surface area contributed by atoms with Gasteiger partial charge >= 0.3 is 0 Å². The van der Waals surface area contributed by atoms with Gasteiger partial charge in [0.1, 0.15) is 76.7 Å². The number of aromatic hydroxyl groups is 2. The molecular formula is C27H30O14. The Kier molecular flexibility index (Phi) is 8.20. The summed E-state index contributed by atoms with van der Waals surface area (Å²) in [6.07, 6.45) is -14.9. The van der Waals surface area contributed by atoms with Crippen LogP contribution in [0.5, 0.6) is 17.2 Å². The number of phenols is 2. The molecule has 0 bridgehead atoms. The van der Waals surface area contributed by atoms with E-state index < -0.39 is 79.2 Å². The molecule has 14 nitrogen and oxygen atoms in total. The Morgan fingerprint density at radius 3 is 2.15 bits per heavy atom. The van der Waals surface area contributed by atoms with Crippen LogP contribution in [0.2, 0.25) is 0 Å². The van der Waals surface area contributed by atoms with Crippen LogP contribution in [0.15, 0.2) is 51.7 Å². The van der Waals surface area contributed by atoms with E-state index in [9.17, 15) is 45.6 Å². The van der Waals surface area contributed by atoms with Crippen molar-refractivity contribution in [3.63, 3.8) is 0 Å². The summed E-state index contributed by atoms with van der Waals surface area (Å²) in [7, 11) is 0. The second-order valence-electron chi connectivity index (χ2n) is 9.98. The number of ether oxygens (including phenoxy) is 4. The maximum Gasteiger partial charge on any atom is 0.229 e. The molecule has 222 valence electrons. The minimum Gasteiger partial charge on any atom is -0.508 e. The van der Waals surface area contributed by atoms with Crippen LogP contribution in [-0.2, 0) is 14.2 Å². The predicted molar refractivity (Wildman–Crippen MR) is 137 cm³/mol. The molecule has 8 N–H and O–H groups in total. The van der Waals surface area contributed by atoms with Crippen LogP contribution in [-0.4, -0.2) is 109 Å². The van der Waals surface area contributed by atoms with E-state index >= 15 is 0 Å². The zero-order chi connectivity index (χ0) is 29.6. The van der Waals surface area contributed by atoms with E-state index in [1.807, 2.05) is 0 Å². The lowest BCUT2D eigenvalue weighted by Gasteiger charge is -2.42. The maximum atomic E-state index is 12.7. The fraction of sp³-hybridized carbons (Fsp3) is 0.444. The van der Waals surface area contributed by atoms with Gasteiger partial charge in [0.05, 0.1) is 12.7 Å². The van der Waals surface area contributed by atoms with Crippen molar-refractivity contribution < 1.29 is 64.2 Å². The van der Waals surface area contributed by atoms with Crippen molar-refractivity contribution in [1.82, 2.24) is 0 Å². The smallest absolute Gasteiger partial charge is 0.229 e. The third-order valence-electron chi connectivity index (χ3n) is 7.09. The van der Waals surface area contributed by atoms with Crippen LogP contribution < -0.4 is 10.2 Å². The number of fused-ring (bicyclic) bond motifs is 1. The molecule has 2 aliphatic heterocycles. The van der Waals surface area contributed by atoms with Gasteiger partial charge in [-0.05, 0) is 31.2 Å². The highest BCUT2D eigenvalue weighted by Crippen LogP contribution is 2.34. The van der Waals surface area contributed by atoms with Crippen molar-refractivity contribution in [3.05, 3.63) is 52.7 Å². The van der Waals surface area contributed by atoms with E-state index in [2.05, 4.69) is 0 Å². The number of aliphatic hydroxyl groups excluding tert-OH is 6. The number of hydrogen-bond donors (Lipinski definition) is 8. The van der Waals surface area contributed by atoms with E-state index in [0.717, 1.165) is 6.07 Å². The summed E-state index contributed by atoms with van der Waals surface area (Å²) in [6.45, 7) is 0.969. The molecule has 0 saturated carbocycles. The second kappa shape index (κ2) is 11.5. The zero-order valence-corrected chi connectivity index (χ0v) is 21.5. The molecule has 2 saturated heterocycles. The molecule has 2 aliphatic rings. The third kappa shape index (κ3) is 5.74. The van der Waals surface area contributed by atoms with Crippen molar-refractivity contribution in [3.8, 4) is 28.6 Å². The molecule has 0 radical (unpaired) electrons. The standard InChI is InChI=1S/C27H30O14/c1-10-20(31)22(33)24(35)26(38-10)37-9-18-21(32)23(34)25(36)27(41-18)39-13-6-14(29)19-15(30)8-16(40-17(19)7-13)11-2-4-12(28)5-3-11/h2-8,10,18,20-29,31-36H,9H2,1H3/t10-,18-,20+,21-,22-,23-,24-,25+,26-,27-/m1/s1. The largest absolute Gasteiger partial charge is 0.508 e. The molecule has 3 aromatic rings. The first-order valence-corrected chi connectivity index (χ1v) is 12.7. The van der Waals surface area contributed by atoms with Crippen molar-refractivity contribution in [1.29, 1.82) is 0 Å². The minimum absolute atomic E-state index is 0.0145.